The monoisotopic (exact) mass is 897 g/mol. The third-order valence-electron chi connectivity index (χ3n) is 14.2. The third kappa shape index (κ3) is 9.67. The van der Waals surface area contributed by atoms with E-state index in [4.69, 9.17) is 9.97 Å². The van der Waals surface area contributed by atoms with Gasteiger partial charge in [0.2, 0.25) is 17.8 Å². The highest BCUT2D eigenvalue weighted by molar-refractivity contribution is 5.92. The van der Waals surface area contributed by atoms with Gasteiger partial charge in [-0.1, -0.05) is 102 Å². The molecule has 6 aromatic rings. The van der Waals surface area contributed by atoms with Crippen molar-refractivity contribution in [3.63, 3.8) is 0 Å². The second-order valence-corrected chi connectivity index (χ2v) is 21.2. The molecule has 2 atom stereocenters. The van der Waals surface area contributed by atoms with Gasteiger partial charge in [0, 0.05) is 49.9 Å². The van der Waals surface area contributed by atoms with Gasteiger partial charge in [-0.05, 0) is 117 Å². The fourth-order valence-electron chi connectivity index (χ4n) is 10.0. The van der Waals surface area contributed by atoms with Crippen LogP contribution in [0, 0.1) is 22.7 Å². The third-order valence-corrected chi connectivity index (χ3v) is 14.2. The summed E-state index contributed by atoms with van der Waals surface area (Å²) in [6, 6.07) is 24.8. The molecule has 6 aliphatic carbocycles. The molecule has 0 aliphatic heterocycles. The Labute approximate surface area is 384 Å². The first-order chi connectivity index (χ1) is 31.2. The van der Waals surface area contributed by atoms with E-state index in [1.165, 1.54) is 0 Å². The number of aromatic nitrogens is 4. The molecular formula is C55H59F4N5O2. The second kappa shape index (κ2) is 17.1. The van der Waals surface area contributed by atoms with E-state index in [2.05, 4.69) is 121 Å². The van der Waals surface area contributed by atoms with Gasteiger partial charge in [0.25, 0.3) is 0 Å². The van der Waals surface area contributed by atoms with Gasteiger partial charge < -0.3 is 15.3 Å². The van der Waals surface area contributed by atoms with Crippen LogP contribution in [0.4, 0.5) is 17.6 Å². The van der Waals surface area contributed by atoms with E-state index in [9.17, 15) is 27.2 Å². The van der Waals surface area contributed by atoms with Crippen molar-refractivity contribution in [2.24, 2.45) is 22.7 Å². The Kier molecular flexibility index (Phi) is 11.7. The average Bonchev–Trinajstić information content (AvgIpc) is 3.88. The summed E-state index contributed by atoms with van der Waals surface area (Å²) in [6.07, 6.45) is 8.58. The quantitative estimate of drug-likeness (QED) is 0.126. The molecule has 7 nitrogen and oxygen atoms in total. The van der Waals surface area contributed by atoms with Crippen LogP contribution in [0.25, 0.3) is 68.6 Å². The summed E-state index contributed by atoms with van der Waals surface area (Å²) in [7, 11) is 0. The van der Waals surface area contributed by atoms with Gasteiger partial charge in [0.15, 0.2) is 0 Å². The van der Waals surface area contributed by atoms with Crippen molar-refractivity contribution in [1.82, 2.24) is 25.3 Å². The van der Waals surface area contributed by atoms with Gasteiger partial charge in [0.1, 0.15) is 17.4 Å². The molecule has 2 fully saturated rings. The Morgan fingerprint density at radius 3 is 1.58 bits per heavy atom. The predicted molar refractivity (Wildman–Crippen MR) is 257 cm³/mol. The van der Waals surface area contributed by atoms with E-state index < -0.39 is 29.2 Å². The summed E-state index contributed by atoms with van der Waals surface area (Å²) in [5.41, 5.74) is 10.8. The lowest BCUT2D eigenvalue weighted by Crippen LogP contribution is -2.42. The number of imidazole rings is 2. The van der Waals surface area contributed by atoms with E-state index >= 15 is 0 Å². The SMILES string of the molecule is CC(C)(C)[C@H](CC(=O)C1CCC(F)(F)CC1)c1nc2ccc(-c3cc4ccc3C=Cc3ccc(c(-c5ccc6nc([C@@H](NC(=O)C7CCC(F)(F)CC7)C(C)(C)C)[nH]c6c5)c3)C=C4)cc2[nH]1. The maximum atomic E-state index is 13.9. The number of halogens is 4. The number of nitrogens with one attached hydrogen (secondary N) is 3. The molecule has 2 aromatic heterocycles. The maximum absolute atomic E-state index is 13.9. The van der Waals surface area contributed by atoms with Gasteiger partial charge in [-0.25, -0.2) is 27.5 Å². The highest BCUT2D eigenvalue weighted by Gasteiger charge is 2.41. The minimum atomic E-state index is -2.70. The highest BCUT2D eigenvalue weighted by atomic mass is 19.3. The first kappa shape index (κ1) is 45.3. The Bertz CT molecular complexity index is 2680. The largest absolute Gasteiger partial charge is 0.345 e. The number of fused-ring (bicyclic) bond motifs is 2. The van der Waals surface area contributed by atoms with Crippen molar-refractivity contribution in [2.45, 2.75) is 123 Å². The molecule has 6 aliphatic rings. The van der Waals surface area contributed by atoms with E-state index in [1.807, 2.05) is 32.9 Å². The van der Waals surface area contributed by atoms with Crippen LogP contribution in [-0.4, -0.2) is 43.5 Å². The van der Waals surface area contributed by atoms with Crippen molar-refractivity contribution in [3.8, 4) is 22.3 Å². The average molecular weight is 898 g/mol. The number of hydrogen-bond acceptors (Lipinski definition) is 4. The summed E-state index contributed by atoms with van der Waals surface area (Å²) in [6.45, 7) is 12.4. The molecule has 0 saturated heterocycles. The van der Waals surface area contributed by atoms with Crippen LogP contribution in [0.5, 0.6) is 0 Å². The molecule has 3 N–H and O–H groups in total. The number of aromatic amines is 2. The Morgan fingerprint density at radius 2 is 1.09 bits per heavy atom. The van der Waals surface area contributed by atoms with E-state index in [0.29, 0.717) is 5.82 Å². The van der Waals surface area contributed by atoms with E-state index in [-0.39, 0.29) is 86.7 Å². The summed E-state index contributed by atoms with van der Waals surface area (Å²) < 4.78 is 55.5. The van der Waals surface area contributed by atoms with Crippen LogP contribution in [-0.2, 0) is 9.59 Å². The topological polar surface area (TPSA) is 104 Å². The van der Waals surface area contributed by atoms with Gasteiger partial charge in [-0.3, -0.25) is 9.59 Å². The number of carbonyl (C=O) groups is 2. The summed E-state index contributed by atoms with van der Waals surface area (Å²) >= 11 is 0. The summed E-state index contributed by atoms with van der Waals surface area (Å²) in [5, 5.41) is 3.16. The molecule has 0 radical (unpaired) electrons. The second-order valence-electron chi connectivity index (χ2n) is 21.2. The molecule has 0 spiro atoms. The normalized spacial score (nSPS) is 18.6. The molecule has 11 heteroatoms. The van der Waals surface area contributed by atoms with Gasteiger partial charge >= 0.3 is 0 Å². The molecule has 2 saturated carbocycles. The van der Waals surface area contributed by atoms with Crippen LogP contribution in [0.3, 0.4) is 0 Å². The minimum absolute atomic E-state index is 0.0418. The van der Waals surface area contributed by atoms with Gasteiger partial charge in [-0.2, -0.15) is 0 Å². The number of Topliss-reactive ketones (excluding diaryl/α,β-unsaturated/α-hetero) is 1. The molecule has 66 heavy (non-hydrogen) atoms. The standard InChI is InChI=1S/C55H59F4N5O2/c1-52(2,3)42(31-47(65)36-19-23-54(56,57)24-20-36)49-60-43-17-15-38(29-45(43)62-49)40-27-32-7-11-34(40)12-8-33-10-14-35(13-9-32)41(28-33)39-16-18-44-46(30-39)63-50(61-44)48(53(4,5)6)64-51(66)37-21-25-55(58,59)26-22-37/h7-18,27-30,36-37,42,48H,19-26,31H2,1-6H3,(H,60,62)(H,61,63)(H,64,66)/t42-,48-/m1/s1. The van der Waals surface area contributed by atoms with Gasteiger partial charge in [0.05, 0.1) is 28.1 Å². The van der Waals surface area contributed by atoms with Crippen molar-refractivity contribution in [3.05, 3.63) is 107 Å². The number of carbonyl (C=O) groups excluding carboxylic acids is 2. The lowest BCUT2D eigenvalue weighted by atomic mass is 9.74. The number of hydrogen-bond donors (Lipinski definition) is 3. The molecule has 2 heterocycles. The Balaban J connectivity index is 0.971. The highest BCUT2D eigenvalue weighted by Crippen LogP contribution is 2.43. The van der Waals surface area contributed by atoms with E-state index in [0.717, 1.165) is 72.4 Å². The smallest absolute Gasteiger partial charge is 0.248 e. The van der Waals surface area contributed by atoms with Crippen LogP contribution < -0.4 is 5.32 Å². The Morgan fingerprint density at radius 1 is 0.621 bits per heavy atom. The van der Waals surface area contributed by atoms with Crippen LogP contribution >= 0.6 is 0 Å². The molecule has 12 rings (SSSR count). The number of rotatable bonds is 9. The predicted octanol–water partition coefficient (Wildman–Crippen LogP) is 14.4. The van der Waals surface area contributed by atoms with Crippen molar-refractivity contribution >= 4 is 58.1 Å². The van der Waals surface area contributed by atoms with Crippen LogP contribution in [0.2, 0.25) is 0 Å². The zero-order chi connectivity index (χ0) is 46.8. The molecule has 4 aromatic carbocycles. The lowest BCUT2D eigenvalue weighted by molar-refractivity contribution is -0.131. The first-order valence-electron chi connectivity index (χ1n) is 23.4. The summed E-state index contributed by atoms with van der Waals surface area (Å²) in [5.74, 6) is -5.17. The molecule has 0 unspecified atom stereocenters. The van der Waals surface area contributed by atoms with Crippen molar-refractivity contribution < 1.29 is 27.2 Å². The Hall–Kier alpha value is -5.84. The van der Waals surface area contributed by atoms with Crippen molar-refractivity contribution in [2.75, 3.05) is 0 Å². The minimum Gasteiger partial charge on any atom is -0.345 e. The number of H-pyrrole nitrogens is 2. The van der Waals surface area contributed by atoms with Crippen molar-refractivity contribution in [1.29, 1.82) is 0 Å². The van der Waals surface area contributed by atoms with Gasteiger partial charge in [-0.15, -0.1) is 0 Å². The fourth-order valence-corrected chi connectivity index (χ4v) is 10.0. The lowest BCUT2D eigenvalue weighted by Gasteiger charge is -2.33. The van der Waals surface area contributed by atoms with E-state index in [1.54, 1.807) is 0 Å². The number of ketones is 1. The molecule has 344 valence electrons. The first-order valence-corrected chi connectivity index (χ1v) is 23.4. The zero-order valence-electron chi connectivity index (χ0n) is 38.6. The molecular weight excluding hydrogens is 839 g/mol. The summed E-state index contributed by atoms with van der Waals surface area (Å²) in [4.78, 5) is 43.9. The molecule has 1 amide bonds. The number of nitrogens with zero attached hydrogens (tertiary/aromatic N) is 2. The fraction of sp³-hybridized carbons (Fsp3) is 0.418. The zero-order valence-corrected chi connectivity index (χ0v) is 38.6. The van der Waals surface area contributed by atoms with Crippen LogP contribution in [0.1, 0.15) is 145 Å². The number of benzene rings is 4. The number of amides is 1. The maximum Gasteiger partial charge on any atom is 0.248 e. The number of alkyl halides is 4. The van der Waals surface area contributed by atoms with Crippen LogP contribution in [0.15, 0.2) is 72.8 Å². The molecule has 4 bridgehead atoms.